The number of hydrogen-bond acceptors (Lipinski definition) is 1. The number of para-hydroxylation sites is 3. The van der Waals surface area contributed by atoms with E-state index in [1.165, 1.54) is 49.0 Å². The Kier molecular flexibility index (Phi) is 5.35. The summed E-state index contributed by atoms with van der Waals surface area (Å²) in [5, 5.41) is 7.59. The number of aromatic nitrogens is 2. The molecule has 3 nitrogen and oxygen atoms in total. The molecule has 0 unspecified atom stereocenters. The van der Waals surface area contributed by atoms with Gasteiger partial charge in [0.05, 0.1) is 22.4 Å². The summed E-state index contributed by atoms with van der Waals surface area (Å²) in [5.74, 6) is 0. The molecule has 9 aromatic rings. The monoisotopic (exact) mass is 562 g/mol. The van der Waals surface area contributed by atoms with Crippen LogP contribution in [0.15, 0.2) is 163 Å². The SMILES string of the molecule is O=c1n(-c2ccccc2)c2ccccc2n1-c1ccc(-c2ccc3ccc4c(-c5ccccc5)ccc5ccc2c3c54)cc1. The summed E-state index contributed by atoms with van der Waals surface area (Å²) in [6.07, 6.45) is 0. The van der Waals surface area contributed by atoms with E-state index in [9.17, 15) is 4.79 Å². The first-order chi connectivity index (χ1) is 21.8. The summed E-state index contributed by atoms with van der Waals surface area (Å²) in [7, 11) is 0. The zero-order valence-corrected chi connectivity index (χ0v) is 23.8. The van der Waals surface area contributed by atoms with Gasteiger partial charge in [-0.1, -0.05) is 121 Å². The molecule has 0 fully saturated rings. The number of fused-ring (bicyclic) bond motifs is 1. The minimum Gasteiger partial charge on any atom is -0.260 e. The summed E-state index contributed by atoms with van der Waals surface area (Å²) < 4.78 is 3.59. The van der Waals surface area contributed by atoms with Gasteiger partial charge in [0.1, 0.15) is 0 Å². The Morgan fingerprint density at radius 1 is 0.364 bits per heavy atom. The molecule has 44 heavy (non-hydrogen) atoms. The van der Waals surface area contributed by atoms with E-state index >= 15 is 0 Å². The average molecular weight is 563 g/mol. The minimum atomic E-state index is -0.0814. The first-order valence-corrected chi connectivity index (χ1v) is 14.9. The molecule has 9 rings (SSSR count). The van der Waals surface area contributed by atoms with Gasteiger partial charge in [0.2, 0.25) is 0 Å². The predicted octanol–water partition coefficient (Wildman–Crippen LogP) is 10.0. The van der Waals surface area contributed by atoms with Crippen molar-refractivity contribution in [2.45, 2.75) is 0 Å². The fourth-order valence-corrected chi connectivity index (χ4v) is 6.94. The highest BCUT2D eigenvalue weighted by Gasteiger charge is 2.17. The molecule has 0 amide bonds. The maximum atomic E-state index is 13.9. The van der Waals surface area contributed by atoms with Crippen LogP contribution in [0, 0.1) is 0 Å². The van der Waals surface area contributed by atoms with Crippen molar-refractivity contribution in [3.05, 3.63) is 168 Å². The van der Waals surface area contributed by atoms with Crippen LogP contribution in [-0.2, 0) is 0 Å². The largest absolute Gasteiger partial charge is 0.338 e. The Labute approximate surface area is 253 Å². The highest BCUT2D eigenvalue weighted by atomic mass is 16.1. The summed E-state index contributed by atoms with van der Waals surface area (Å²) in [4.78, 5) is 13.9. The Morgan fingerprint density at radius 2 is 0.795 bits per heavy atom. The summed E-state index contributed by atoms with van der Waals surface area (Å²) in [6.45, 7) is 0. The second kappa shape index (κ2) is 9.55. The smallest absolute Gasteiger partial charge is 0.260 e. The van der Waals surface area contributed by atoms with Gasteiger partial charge in [-0.05, 0) is 91.0 Å². The Bertz CT molecular complexity index is 2540. The molecule has 0 saturated carbocycles. The summed E-state index contributed by atoms with van der Waals surface area (Å²) >= 11 is 0. The van der Waals surface area contributed by atoms with Crippen LogP contribution in [0.25, 0.3) is 77.0 Å². The van der Waals surface area contributed by atoms with E-state index in [0.29, 0.717) is 0 Å². The second-order valence-electron chi connectivity index (χ2n) is 11.3. The van der Waals surface area contributed by atoms with E-state index in [1.54, 1.807) is 9.13 Å². The fraction of sp³-hybridized carbons (Fsp3) is 0. The Morgan fingerprint density at radius 3 is 1.34 bits per heavy atom. The third-order valence-corrected chi connectivity index (χ3v) is 8.95. The van der Waals surface area contributed by atoms with Gasteiger partial charge in [-0.15, -0.1) is 0 Å². The number of imidazole rings is 1. The Hall–Kier alpha value is -5.93. The first kappa shape index (κ1) is 24.6. The van der Waals surface area contributed by atoms with Gasteiger partial charge in [0, 0.05) is 0 Å². The molecule has 0 bridgehead atoms. The van der Waals surface area contributed by atoms with Crippen molar-refractivity contribution in [2.24, 2.45) is 0 Å². The molecule has 0 spiro atoms. The second-order valence-corrected chi connectivity index (χ2v) is 11.3. The topological polar surface area (TPSA) is 26.9 Å². The third-order valence-electron chi connectivity index (χ3n) is 8.95. The molecule has 1 heterocycles. The molecule has 0 atom stereocenters. The van der Waals surface area contributed by atoms with E-state index in [0.717, 1.165) is 28.0 Å². The molecule has 8 aromatic carbocycles. The molecule has 0 saturated heterocycles. The molecule has 0 aliphatic carbocycles. The van der Waals surface area contributed by atoms with Gasteiger partial charge in [0.15, 0.2) is 0 Å². The van der Waals surface area contributed by atoms with Crippen LogP contribution in [0.3, 0.4) is 0 Å². The van der Waals surface area contributed by atoms with Crippen molar-refractivity contribution in [3.63, 3.8) is 0 Å². The quantitative estimate of drug-likeness (QED) is 0.196. The highest BCUT2D eigenvalue weighted by Crippen LogP contribution is 2.42. The highest BCUT2D eigenvalue weighted by molar-refractivity contribution is 6.27. The zero-order chi connectivity index (χ0) is 29.2. The fourth-order valence-electron chi connectivity index (χ4n) is 6.94. The molecule has 0 N–H and O–H groups in total. The number of nitrogens with zero attached hydrogens (tertiary/aromatic N) is 2. The maximum Gasteiger partial charge on any atom is 0.338 e. The lowest BCUT2D eigenvalue weighted by atomic mass is 9.87. The molecule has 1 aromatic heterocycles. The van der Waals surface area contributed by atoms with Crippen molar-refractivity contribution in [2.75, 3.05) is 0 Å². The van der Waals surface area contributed by atoms with E-state index in [4.69, 9.17) is 0 Å². The van der Waals surface area contributed by atoms with Crippen LogP contribution in [-0.4, -0.2) is 9.13 Å². The number of rotatable bonds is 4. The van der Waals surface area contributed by atoms with Crippen LogP contribution < -0.4 is 5.69 Å². The lowest BCUT2D eigenvalue weighted by molar-refractivity contribution is 0.931. The molecule has 206 valence electrons. The van der Waals surface area contributed by atoms with Crippen molar-refractivity contribution in [1.82, 2.24) is 9.13 Å². The molecule has 3 heteroatoms. The third kappa shape index (κ3) is 3.60. The van der Waals surface area contributed by atoms with E-state index in [1.807, 2.05) is 54.6 Å². The first-order valence-electron chi connectivity index (χ1n) is 14.9. The minimum absolute atomic E-state index is 0.0814. The van der Waals surface area contributed by atoms with Gasteiger partial charge in [0.25, 0.3) is 0 Å². The van der Waals surface area contributed by atoms with Crippen LogP contribution >= 0.6 is 0 Å². The summed E-state index contributed by atoms with van der Waals surface area (Å²) in [5.41, 5.74) is 8.16. The number of hydrogen-bond donors (Lipinski definition) is 0. The summed E-state index contributed by atoms with van der Waals surface area (Å²) in [6, 6.07) is 54.8. The van der Waals surface area contributed by atoms with Crippen molar-refractivity contribution in [1.29, 1.82) is 0 Å². The predicted molar refractivity (Wildman–Crippen MR) is 183 cm³/mol. The lowest BCUT2D eigenvalue weighted by Crippen LogP contribution is -2.22. The Balaban J connectivity index is 1.21. The van der Waals surface area contributed by atoms with E-state index in [-0.39, 0.29) is 5.69 Å². The molecule has 0 radical (unpaired) electrons. The molecular formula is C41H26N2O. The van der Waals surface area contributed by atoms with Gasteiger partial charge in [-0.25, -0.2) is 4.79 Å². The normalized spacial score (nSPS) is 11.7. The average Bonchev–Trinajstić information content (AvgIpc) is 3.39. The van der Waals surface area contributed by atoms with Crippen LogP contribution in [0.5, 0.6) is 0 Å². The van der Waals surface area contributed by atoms with Crippen molar-refractivity contribution < 1.29 is 0 Å². The van der Waals surface area contributed by atoms with E-state index < -0.39 is 0 Å². The molecule has 0 aliphatic rings. The van der Waals surface area contributed by atoms with Gasteiger partial charge >= 0.3 is 5.69 Å². The van der Waals surface area contributed by atoms with Crippen LogP contribution in [0.4, 0.5) is 0 Å². The zero-order valence-electron chi connectivity index (χ0n) is 23.8. The number of benzene rings is 8. The maximum absolute atomic E-state index is 13.9. The molecular weight excluding hydrogens is 536 g/mol. The molecule has 0 aliphatic heterocycles. The van der Waals surface area contributed by atoms with Crippen molar-refractivity contribution >= 4 is 43.4 Å². The van der Waals surface area contributed by atoms with Crippen molar-refractivity contribution in [3.8, 4) is 33.6 Å². The van der Waals surface area contributed by atoms with Crippen LogP contribution in [0.1, 0.15) is 0 Å². The standard InChI is InChI=1S/C41H26N2O/c44-41-42(31-11-5-2-6-12-31)37-13-7-8-14-38(37)43(41)32-21-15-28(16-22-32)34-24-18-30-19-25-35-33(27-9-3-1-4-10-27)23-17-29-20-26-36(34)40(30)39(29)35/h1-26H. The van der Waals surface area contributed by atoms with Gasteiger partial charge in [-0.3, -0.25) is 9.13 Å². The van der Waals surface area contributed by atoms with Gasteiger partial charge in [-0.2, -0.15) is 0 Å². The van der Waals surface area contributed by atoms with Gasteiger partial charge < -0.3 is 0 Å². The van der Waals surface area contributed by atoms with Crippen LogP contribution in [0.2, 0.25) is 0 Å². The lowest BCUT2D eigenvalue weighted by Gasteiger charge is -2.16. The van der Waals surface area contributed by atoms with E-state index in [2.05, 4.69) is 103 Å².